The fraction of sp³-hybridized carbons (Fsp3) is 0.0833. The number of anilines is 1. The summed E-state index contributed by atoms with van der Waals surface area (Å²) >= 11 is 1.70. The highest BCUT2D eigenvalue weighted by Crippen LogP contribution is 2.24. The van der Waals surface area contributed by atoms with Gasteiger partial charge in [-0.05, 0) is 36.4 Å². The number of rotatable bonds is 5. The maximum atomic E-state index is 10.2. The average Bonchev–Trinajstić information content (AvgIpc) is 2.82. The molecule has 1 aromatic heterocycles. The van der Waals surface area contributed by atoms with E-state index in [9.17, 15) is 4.79 Å². The Bertz CT molecular complexity index is 437. The van der Waals surface area contributed by atoms with Gasteiger partial charge >= 0.3 is 0 Å². The van der Waals surface area contributed by atoms with Gasteiger partial charge in [0, 0.05) is 10.6 Å². The van der Waals surface area contributed by atoms with Crippen LogP contribution in [0.4, 0.5) is 5.69 Å². The molecule has 0 radical (unpaired) electrons. The van der Waals surface area contributed by atoms with Crippen LogP contribution < -0.4 is 5.32 Å². The highest BCUT2D eigenvalue weighted by molar-refractivity contribution is 7.98. The van der Waals surface area contributed by atoms with Gasteiger partial charge in [-0.15, -0.1) is 11.8 Å². The number of hydrogen-bond donors (Lipinski definition) is 1. The summed E-state index contributed by atoms with van der Waals surface area (Å²) in [6.45, 7) is 0. The predicted octanol–water partition coefficient (Wildman–Crippen LogP) is 3.14. The number of furan rings is 1. The van der Waals surface area contributed by atoms with Gasteiger partial charge in [0.25, 0.3) is 0 Å². The van der Waals surface area contributed by atoms with Crippen molar-refractivity contribution in [2.75, 3.05) is 5.32 Å². The molecule has 2 rings (SSSR count). The van der Waals surface area contributed by atoms with Gasteiger partial charge in [-0.1, -0.05) is 0 Å². The quantitative estimate of drug-likeness (QED) is 0.637. The van der Waals surface area contributed by atoms with Gasteiger partial charge < -0.3 is 9.73 Å². The summed E-state index contributed by atoms with van der Waals surface area (Å²) in [6, 6.07) is 11.5. The third-order valence-electron chi connectivity index (χ3n) is 2.04. The molecule has 0 bridgehead atoms. The van der Waals surface area contributed by atoms with Crippen LogP contribution in [0.3, 0.4) is 0 Å². The molecule has 2 aromatic rings. The van der Waals surface area contributed by atoms with Crippen molar-refractivity contribution in [3.8, 4) is 0 Å². The van der Waals surface area contributed by atoms with E-state index in [1.165, 1.54) is 0 Å². The Morgan fingerprint density at radius 1 is 1.25 bits per heavy atom. The Morgan fingerprint density at radius 3 is 2.69 bits per heavy atom. The maximum absolute atomic E-state index is 10.2. The summed E-state index contributed by atoms with van der Waals surface area (Å²) in [5, 5.41) is 2.60. The predicted molar refractivity (Wildman–Crippen MR) is 64.4 cm³/mol. The van der Waals surface area contributed by atoms with E-state index in [4.69, 9.17) is 4.42 Å². The topological polar surface area (TPSA) is 42.2 Å². The van der Waals surface area contributed by atoms with E-state index in [-0.39, 0.29) is 0 Å². The average molecular weight is 233 g/mol. The Morgan fingerprint density at radius 2 is 2.06 bits per heavy atom. The Balaban J connectivity index is 1.92. The minimum Gasteiger partial charge on any atom is -0.468 e. The SMILES string of the molecule is O=CNc1ccc(SCc2ccco2)cc1. The van der Waals surface area contributed by atoms with E-state index in [0.717, 1.165) is 22.1 Å². The highest BCUT2D eigenvalue weighted by Gasteiger charge is 1.98. The van der Waals surface area contributed by atoms with Crippen molar-refractivity contribution in [2.45, 2.75) is 10.6 Å². The summed E-state index contributed by atoms with van der Waals surface area (Å²) in [6.07, 6.45) is 2.35. The van der Waals surface area contributed by atoms with E-state index in [2.05, 4.69) is 5.32 Å². The fourth-order valence-electron chi connectivity index (χ4n) is 1.26. The number of hydrogen-bond acceptors (Lipinski definition) is 3. The van der Waals surface area contributed by atoms with Crippen molar-refractivity contribution in [2.24, 2.45) is 0 Å². The molecule has 1 amide bonds. The van der Waals surface area contributed by atoms with Crippen molar-refractivity contribution >= 4 is 23.9 Å². The second-order valence-electron chi connectivity index (χ2n) is 3.15. The number of nitrogens with one attached hydrogen (secondary N) is 1. The van der Waals surface area contributed by atoms with Crippen molar-refractivity contribution in [1.82, 2.24) is 0 Å². The summed E-state index contributed by atoms with van der Waals surface area (Å²) in [5.41, 5.74) is 0.803. The summed E-state index contributed by atoms with van der Waals surface area (Å²) < 4.78 is 5.24. The number of amides is 1. The zero-order chi connectivity index (χ0) is 11.2. The van der Waals surface area contributed by atoms with E-state index in [1.54, 1.807) is 18.0 Å². The summed E-state index contributed by atoms with van der Waals surface area (Å²) in [7, 11) is 0. The van der Waals surface area contributed by atoms with Gasteiger partial charge in [0.15, 0.2) is 0 Å². The number of thioether (sulfide) groups is 1. The zero-order valence-electron chi connectivity index (χ0n) is 8.55. The summed E-state index contributed by atoms with van der Waals surface area (Å²) in [5.74, 6) is 1.77. The van der Waals surface area contributed by atoms with Crippen molar-refractivity contribution in [3.05, 3.63) is 48.4 Å². The van der Waals surface area contributed by atoms with Crippen LogP contribution in [0.5, 0.6) is 0 Å². The van der Waals surface area contributed by atoms with E-state index in [0.29, 0.717) is 6.41 Å². The molecule has 3 nitrogen and oxygen atoms in total. The molecule has 0 aliphatic carbocycles. The molecule has 0 fully saturated rings. The van der Waals surface area contributed by atoms with Gasteiger partial charge in [-0.3, -0.25) is 4.79 Å². The molecule has 16 heavy (non-hydrogen) atoms. The third-order valence-corrected chi connectivity index (χ3v) is 3.08. The molecule has 0 aliphatic rings. The molecule has 0 saturated heterocycles. The van der Waals surface area contributed by atoms with E-state index in [1.807, 2.05) is 36.4 Å². The normalized spacial score (nSPS) is 10.0. The van der Waals surface area contributed by atoms with Gasteiger partial charge in [0.05, 0.1) is 12.0 Å². The molecule has 0 saturated carbocycles. The van der Waals surface area contributed by atoms with E-state index < -0.39 is 0 Å². The van der Waals surface area contributed by atoms with Gasteiger partial charge in [0.1, 0.15) is 5.76 Å². The summed E-state index contributed by atoms with van der Waals surface area (Å²) in [4.78, 5) is 11.4. The Kier molecular flexibility index (Phi) is 3.66. The second-order valence-corrected chi connectivity index (χ2v) is 4.20. The monoisotopic (exact) mass is 233 g/mol. The lowest BCUT2D eigenvalue weighted by Gasteiger charge is -2.01. The van der Waals surface area contributed by atoms with Crippen molar-refractivity contribution in [3.63, 3.8) is 0 Å². The smallest absolute Gasteiger partial charge is 0.211 e. The molecule has 0 atom stereocenters. The maximum Gasteiger partial charge on any atom is 0.211 e. The zero-order valence-corrected chi connectivity index (χ0v) is 9.37. The van der Waals surface area contributed by atoms with Crippen LogP contribution in [0.25, 0.3) is 0 Å². The molecule has 0 aliphatic heterocycles. The lowest BCUT2D eigenvalue weighted by atomic mass is 10.3. The first-order valence-corrected chi connectivity index (χ1v) is 5.82. The van der Waals surface area contributed by atoms with Crippen LogP contribution in [0.15, 0.2) is 52.0 Å². The number of benzene rings is 1. The van der Waals surface area contributed by atoms with Crippen molar-refractivity contribution in [1.29, 1.82) is 0 Å². The molecule has 1 aromatic carbocycles. The van der Waals surface area contributed by atoms with Crippen LogP contribution >= 0.6 is 11.8 Å². The molecule has 0 unspecified atom stereocenters. The first-order chi connectivity index (χ1) is 7.88. The van der Waals surface area contributed by atoms with E-state index >= 15 is 0 Å². The van der Waals surface area contributed by atoms with Gasteiger partial charge in [-0.25, -0.2) is 0 Å². The molecule has 1 heterocycles. The Labute approximate surface area is 97.8 Å². The van der Waals surface area contributed by atoms with Crippen molar-refractivity contribution < 1.29 is 9.21 Å². The molecular formula is C12H11NO2S. The van der Waals surface area contributed by atoms with Crippen LogP contribution in [0, 0.1) is 0 Å². The minimum atomic E-state index is 0.672. The highest BCUT2D eigenvalue weighted by atomic mass is 32.2. The molecule has 1 N–H and O–H groups in total. The number of carbonyl (C=O) groups excluding carboxylic acids is 1. The van der Waals surface area contributed by atoms with Crippen LogP contribution in [-0.4, -0.2) is 6.41 Å². The largest absolute Gasteiger partial charge is 0.468 e. The van der Waals surface area contributed by atoms with Crippen LogP contribution in [0.1, 0.15) is 5.76 Å². The molecular weight excluding hydrogens is 222 g/mol. The first kappa shape index (κ1) is 10.8. The van der Waals surface area contributed by atoms with Gasteiger partial charge in [0.2, 0.25) is 6.41 Å². The first-order valence-electron chi connectivity index (χ1n) is 4.84. The number of carbonyl (C=O) groups is 1. The molecule has 0 spiro atoms. The fourth-order valence-corrected chi connectivity index (χ4v) is 2.07. The standard InChI is InChI=1S/C12H11NO2S/c14-9-13-10-3-5-12(6-4-10)16-8-11-2-1-7-15-11/h1-7,9H,8H2,(H,13,14). The van der Waals surface area contributed by atoms with Crippen LogP contribution in [-0.2, 0) is 10.5 Å². The lowest BCUT2D eigenvalue weighted by Crippen LogP contribution is -1.92. The van der Waals surface area contributed by atoms with Crippen LogP contribution in [0.2, 0.25) is 0 Å². The minimum absolute atomic E-state index is 0.672. The Hall–Kier alpha value is -1.68. The second kappa shape index (κ2) is 5.42. The van der Waals surface area contributed by atoms with Gasteiger partial charge in [-0.2, -0.15) is 0 Å². The molecule has 82 valence electrons. The lowest BCUT2D eigenvalue weighted by molar-refractivity contribution is -0.105. The third kappa shape index (κ3) is 2.90. The molecule has 4 heteroatoms.